The summed E-state index contributed by atoms with van der Waals surface area (Å²) in [5.41, 5.74) is 1.49. The zero-order valence-corrected chi connectivity index (χ0v) is 8.08. The highest BCUT2D eigenvalue weighted by molar-refractivity contribution is 5.69. The minimum atomic E-state index is 0.201. The van der Waals surface area contributed by atoms with Crippen molar-refractivity contribution in [3.05, 3.63) is 42.4 Å². The Kier molecular flexibility index (Phi) is 1.87. The van der Waals surface area contributed by atoms with Gasteiger partial charge >= 0.3 is 0 Å². The Morgan fingerprint density at radius 1 is 1.38 bits per heavy atom. The standard InChI is InChI=1S/C12H14O/c1-12(2)8-4-3-6-10(12)11-7-5-9-13-11/h3-7,9H,8H2,1-2H3. The normalized spacial score (nSPS) is 20.0. The van der Waals surface area contributed by atoms with Crippen molar-refractivity contribution in [1.82, 2.24) is 0 Å². The van der Waals surface area contributed by atoms with Crippen molar-refractivity contribution < 1.29 is 4.42 Å². The van der Waals surface area contributed by atoms with Crippen molar-refractivity contribution in [1.29, 1.82) is 0 Å². The van der Waals surface area contributed by atoms with Crippen LogP contribution in [0.2, 0.25) is 0 Å². The molecule has 68 valence electrons. The summed E-state index contributed by atoms with van der Waals surface area (Å²) in [7, 11) is 0. The molecule has 0 fully saturated rings. The summed E-state index contributed by atoms with van der Waals surface area (Å²) in [4.78, 5) is 0. The van der Waals surface area contributed by atoms with Gasteiger partial charge in [-0.2, -0.15) is 0 Å². The summed E-state index contributed by atoms with van der Waals surface area (Å²) in [5, 5.41) is 0. The second kappa shape index (κ2) is 2.91. The first-order valence-corrected chi connectivity index (χ1v) is 4.61. The van der Waals surface area contributed by atoms with Crippen molar-refractivity contribution in [3.8, 4) is 0 Å². The third-order valence-electron chi connectivity index (χ3n) is 2.54. The van der Waals surface area contributed by atoms with E-state index in [1.165, 1.54) is 5.57 Å². The van der Waals surface area contributed by atoms with Gasteiger partial charge < -0.3 is 4.42 Å². The Morgan fingerprint density at radius 2 is 2.23 bits per heavy atom. The van der Waals surface area contributed by atoms with Crippen LogP contribution in [0.25, 0.3) is 5.57 Å². The summed E-state index contributed by atoms with van der Waals surface area (Å²) in [5.74, 6) is 0.995. The summed E-state index contributed by atoms with van der Waals surface area (Å²) >= 11 is 0. The quantitative estimate of drug-likeness (QED) is 0.633. The highest BCUT2D eigenvalue weighted by Crippen LogP contribution is 2.40. The average molecular weight is 174 g/mol. The zero-order valence-electron chi connectivity index (χ0n) is 8.08. The number of allylic oxidation sites excluding steroid dienone is 4. The molecule has 0 atom stereocenters. The van der Waals surface area contributed by atoms with Crippen LogP contribution in [0, 0.1) is 5.41 Å². The molecule has 1 heterocycles. The molecular formula is C12H14O. The molecular weight excluding hydrogens is 160 g/mol. The van der Waals surface area contributed by atoms with E-state index in [0.717, 1.165) is 12.2 Å². The van der Waals surface area contributed by atoms with Gasteiger partial charge in [0.05, 0.1) is 6.26 Å². The van der Waals surface area contributed by atoms with Crippen LogP contribution in [0.3, 0.4) is 0 Å². The molecule has 0 aliphatic heterocycles. The Balaban J connectivity index is 2.42. The van der Waals surface area contributed by atoms with Gasteiger partial charge in [0.2, 0.25) is 0 Å². The summed E-state index contributed by atoms with van der Waals surface area (Å²) < 4.78 is 5.41. The fourth-order valence-corrected chi connectivity index (χ4v) is 1.71. The Labute approximate surface area is 78.8 Å². The van der Waals surface area contributed by atoms with Gasteiger partial charge in [-0.25, -0.2) is 0 Å². The molecule has 13 heavy (non-hydrogen) atoms. The van der Waals surface area contributed by atoms with Gasteiger partial charge in [0.25, 0.3) is 0 Å². The SMILES string of the molecule is CC1(C)CC=CC=C1c1ccco1. The van der Waals surface area contributed by atoms with Gasteiger partial charge in [0, 0.05) is 5.57 Å². The summed E-state index contributed by atoms with van der Waals surface area (Å²) in [6, 6.07) is 3.96. The van der Waals surface area contributed by atoms with E-state index < -0.39 is 0 Å². The van der Waals surface area contributed by atoms with Crippen molar-refractivity contribution in [3.63, 3.8) is 0 Å². The summed E-state index contributed by atoms with van der Waals surface area (Å²) in [6.07, 6.45) is 9.25. The first-order chi connectivity index (χ1) is 6.20. The van der Waals surface area contributed by atoms with E-state index in [1.807, 2.05) is 12.1 Å². The van der Waals surface area contributed by atoms with Crippen molar-refractivity contribution >= 4 is 5.57 Å². The molecule has 1 aromatic heterocycles. The molecule has 0 aromatic carbocycles. The lowest BCUT2D eigenvalue weighted by Gasteiger charge is -2.27. The molecule has 0 radical (unpaired) electrons. The molecule has 1 aromatic rings. The third-order valence-corrected chi connectivity index (χ3v) is 2.54. The lowest BCUT2D eigenvalue weighted by molar-refractivity contribution is 0.471. The lowest BCUT2D eigenvalue weighted by atomic mass is 9.77. The summed E-state index contributed by atoms with van der Waals surface area (Å²) in [6.45, 7) is 4.48. The number of furan rings is 1. The van der Waals surface area contributed by atoms with E-state index in [9.17, 15) is 0 Å². The smallest absolute Gasteiger partial charge is 0.130 e. The molecule has 0 spiro atoms. The number of rotatable bonds is 1. The van der Waals surface area contributed by atoms with Crippen LogP contribution in [0.15, 0.2) is 41.0 Å². The van der Waals surface area contributed by atoms with Crippen LogP contribution < -0.4 is 0 Å². The molecule has 1 aliphatic carbocycles. The number of hydrogen-bond acceptors (Lipinski definition) is 1. The maximum atomic E-state index is 5.41. The largest absolute Gasteiger partial charge is 0.465 e. The van der Waals surface area contributed by atoms with Gasteiger partial charge in [-0.1, -0.05) is 32.1 Å². The van der Waals surface area contributed by atoms with Crippen molar-refractivity contribution in [2.45, 2.75) is 20.3 Å². The van der Waals surface area contributed by atoms with Crippen molar-refractivity contribution in [2.75, 3.05) is 0 Å². The second-order valence-electron chi connectivity index (χ2n) is 4.07. The van der Waals surface area contributed by atoms with E-state index in [0.29, 0.717) is 0 Å². The van der Waals surface area contributed by atoms with E-state index in [4.69, 9.17) is 4.42 Å². The molecule has 1 aliphatic rings. The molecule has 1 nitrogen and oxygen atoms in total. The fraction of sp³-hybridized carbons (Fsp3) is 0.333. The van der Waals surface area contributed by atoms with Crippen LogP contribution in [-0.2, 0) is 0 Å². The minimum absolute atomic E-state index is 0.201. The molecule has 0 amide bonds. The molecule has 2 rings (SSSR count). The average Bonchev–Trinajstić information content (AvgIpc) is 2.55. The van der Waals surface area contributed by atoms with Crippen LogP contribution in [0.1, 0.15) is 26.0 Å². The molecule has 0 unspecified atom stereocenters. The Hall–Kier alpha value is -1.24. The second-order valence-corrected chi connectivity index (χ2v) is 4.07. The third kappa shape index (κ3) is 1.46. The van der Waals surface area contributed by atoms with Crippen LogP contribution in [0.5, 0.6) is 0 Å². The molecule has 0 N–H and O–H groups in total. The van der Waals surface area contributed by atoms with Crippen LogP contribution >= 0.6 is 0 Å². The zero-order chi connectivity index (χ0) is 9.31. The minimum Gasteiger partial charge on any atom is -0.465 e. The van der Waals surface area contributed by atoms with E-state index in [1.54, 1.807) is 6.26 Å². The van der Waals surface area contributed by atoms with Gasteiger partial charge in [0.1, 0.15) is 5.76 Å². The predicted octanol–water partition coefficient (Wildman–Crippen LogP) is 3.65. The first-order valence-electron chi connectivity index (χ1n) is 4.61. The predicted molar refractivity (Wildman–Crippen MR) is 54.2 cm³/mol. The Bertz CT molecular complexity index is 339. The van der Waals surface area contributed by atoms with Gasteiger partial charge in [-0.15, -0.1) is 0 Å². The highest BCUT2D eigenvalue weighted by Gasteiger charge is 2.26. The maximum absolute atomic E-state index is 5.41. The topological polar surface area (TPSA) is 13.1 Å². The van der Waals surface area contributed by atoms with Crippen LogP contribution in [-0.4, -0.2) is 0 Å². The lowest BCUT2D eigenvalue weighted by Crippen LogP contribution is -2.14. The molecule has 0 bridgehead atoms. The van der Waals surface area contributed by atoms with Gasteiger partial charge in [0.15, 0.2) is 0 Å². The number of hydrogen-bond donors (Lipinski definition) is 0. The van der Waals surface area contributed by atoms with Crippen molar-refractivity contribution in [2.24, 2.45) is 5.41 Å². The maximum Gasteiger partial charge on any atom is 0.130 e. The Morgan fingerprint density at radius 3 is 2.85 bits per heavy atom. The molecule has 1 heteroatoms. The van der Waals surface area contributed by atoms with E-state index >= 15 is 0 Å². The monoisotopic (exact) mass is 174 g/mol. The van der Waals surface area contributed by atoms with Crippen LogP contribution in [0.4, 0.5) is 0 Å². The van der Waals surface area contributed by atoms with Gasteiger partial charge in [-0.3, -0.25) is 0 Å². The van der Waals surface area contributed by atoms with E-state index in [2.05, 4.69) is 32.1 Å². The first kappa shape index (κ1) is 8.36. The molecule has 0 saturated heterocycles. The fourth-order valence-electron chi connectivity index (χ4n) is 1.71. The molecule has 0 saturated carbocycles. The van der Waals surface area contributed by atoms with E-state index in [-0.39, 0.29) is 5.41 Å². The van der Waals surface area contributed by atoms with Gasteiger partial charge in [-0.05, 0) is 24.0 Å². The highest BCUT2D eigenvalue weighted by atomic mass is 16.3.